The van der Waals surface area contributed by atoms with Gasteiger partial charge in [0.1, 0.15) is 11.1 Å². The third kappa shape index (κ3) is 3.18. The Morgan fingerprint density at radius 2 is 2.19 bits per heavy atom. The summed E-state index contributed by atoms with van der Waals surface area (Å²) in [6, 6.07) is 9.76. The van der Waals surface area contributed by atoms with Gasteiger partial charge in [-0.25, -0.2) is 4.98 Å². The lowest BCUT2D eigenvalue weighted by Gasteiger charge is -2.15. The molecule has 2 nitrogen and oxygen atoms in total. The second-order valence-electron chi connectivity index (χ2n) is 5.46. The van der Waals surface area contributed by atoms with E-state index in [1.54, 1.807) is 11.3 Å². The number of aryl methyl sites for hydroxylation is 1. The largest absolute Gasteiger partial charge is 0.240 e. The summed E-state index contributed by atoms with van der Waals surface area (Å²) >= 11 is 7.55. The fraction of sp³-hybridized carbons (Fsp3) is 0.294. The molecule has 1 aliphatic rings. The van der Waals surface area contributed by atoms with Gasteiger partial charge in [-0.1, -0.05) is 30.7 Å². The van der Waals surface area contributed by atoms with Crippen molar-refractivity contribution in [1.82, 2.24) is 4.98 Å². The lowest BCUT2D eigenvalue weighted by Crippen LogP contribution is -2.09. The number of aromatic nitrogens is 1. The van der Waals surface area contributed by atoms with Crippen molar-refractivity contribution < 1.29 is 0 Å². The van der Waals surface area contributed by atoms with Crippen LogP contribution in [0.1, 0.15) is 34.5 Å². The Balaban J connectivity index is 1.94. The van der Waals surface area contributed by atoms with Crippen LogP contribution in [-0.4, -0.2) is 4.98 Å². The van der Waals surface area contributed by atoms with Crippen LogP contribution in [0.3, 0.4) is 0 Å². The molecule has 0 fully saturated rings. The molecule has 0 bridgehead atoms. The third-order valence-corrected chi connectivity index (χ3v) is 5.12. The zero-order chi connectivity index (χ0) is 14.8. The summed E-state index contributed by atoms with van der Waals surface area (Å²) in [5.41, 5.74) is 2.78. The van der Waals surface area contributed by atoms with E-state index in [4.69, 9.17) is 11.6 Å². The first-order valence-electron chi connectivity index (χ1n) is 7.02. The maximum atomic E-state index is 9.43. The summed E-state index contributed by atoms with van der Waals surface area (Å²) in [6.07, 6.45) is 5.20. The molecule has 2 aromatic rings. The van der Waals surface area contributed by atoms with Crippen molar-refractivity contribution in [2.75, 3.05) is 0 Å². The van der Waals surface area contributed by atoms with E-state index >= 15 is 0 Å². The minimum absolute atomic E-state index is 0.629. The van der Waals surface area contributed by atoms with Gasteiger partial charge in [-0.15, -0.1) is 11.3 Å². The van der Waals surface area contributed by atoms with E-state index in [2.05, 4.69) is 18.0 Å². The minimum Gasteiger partial charge on any atom is -0.240 e. The Morgan fingerprint density at radius 1 is 1.43 bits per heavy atom. The van der Waals surface area contributed by atoms with E-state index in [-0.39, 0.29) is 0 Å². The molecule has 1 aromatic heterocycles. The molecule has 1 aromatic carbocycles. The SMILES string of the molecule is C[C@H]1CCc2nc(/C(C#N)=C\c3ccc(Cl)cc3)sc2C1. The van der Waals surface area contributed by atoms with Crippen LogP contribution in [0.15, 0.2) is 24.3 Å². The lowest BCUT2D eigenvalue weighted by molar-refractivity contribution is 0.502. The molecule has 1 aliphatic carbocycles. The van der Waals surface area contributed by atoms with Crippen LogP contribution >= 0.6 is 22.9 Å². The number of hydrogen-bond acceptors (Lipinski definition) is 3. The highest BCUT2D eigenvalue weighted by atomic mass is 35.5. The molecule has 0 radical (unpaired) electrons. The number of benzene rings is 1. The first-order chi connectivity index (χ1) is 10.2. The number of nitrogens with zero attached hydrogens (tertiary/aromatic N) is 2. The zero-order valence-electron chi connectivity index (χ0n) is 11.8. The molecule has 0 aliphatic heterocycles. The normalized spacial score (nSPS) is 18.1. The third-order valence-electron chi connectivity index (χ3n) is 3.72. The predicted molar refractivity (Wildman–Crippen MR) is 88.2 cm³/mol. The molecule has 0 saturated heterocycles. The van der Waals surface area contributed by atoms with E-state index in [1.807, 2.05) is 30.3 Å². The summed E-state index contributed by atoms with van der Waals surface area (Å²) in [4.78, 5) is 6.02. The molecule has 0 N–H and O–H groups in total. The summed E-state index contributed by atoms with van der Waals surface area (Å²) in [7, 11) is 0. The van der Waals surface area contributed by atoms with Gasteiger partial charge < -0.3 is 0 Å². The van der Waals surface area contributed by atoms with Crippen LogP contribution in [0.25, 0.3) is 11.6 Å². The highest BCUT2D eigenvalue weighted by Gasteiger charge is 2.20. The average molecular weight is 315 g/mol. The van der Waals surface area contributed by atoms with Crippen molar-refractivity contribution >= 4 is 34.6 Å². The number of rotatable bonds is 2. The topological polar surface area (TPSA) is 36.7 Å². The van der Waals surface area contributed by atoms with Crippen LogP contribution < -0.4 is 0 Å². The molecule has 106 valence electrons. The highest BCUT2D eigenvalue weighted by molar-refractivity contribution is 7.13. The quantitative estimate of drug-likeness (QED) is 0.732. The number of fused-ring (bicyclic) bond motifs is 1. The van der Waals surface area contributed by atoms with E-state index in [1.165, 1.54) is 17.0 Å². The Morgan fingerprint density at radius 3 is 2.90 bits per heavy atom. The van der Waals surface area contributed by atoms with E-state index in [9.17, 15) is 5.26 Å². The Kier molecular flexibility index (Phi) is 4.10. The number of hydrogen-bond donors (Lipinski definition) is 0. The summed E-state index contributed by atoms with van der Waals surface area (Å²) < 4.78 is 0. The van der Waals surface area contributed by atoms with Gasteiger partial charge >= 0.3 is 0 Å². The van der Waals surface area contributed by atoms with Gasteiger partial charge in [0.05, 0.1) is 11.3 Å². The standard InChI is InChI=1S/C17H15ClN2S/c1-11-2-7-15-16(8-11)21-17(20-15)13(10-19)9-12-3-5-14(18)6-4-12/h3-6,9,11H,2,7-8H2,1H3/b13-9-/t11-/m0/s1. The number of thiazole rings is 1. The molecule has 0 spiro atoms. The Bertz CT molecular complexity index is 722. The summed E-state index contributed by atoms with van der Waals surface area (Å²) in [5.74, 6) is 0.719. The second-order valence-corrected chi connectivity index (χ2v) is 6.98. The van der Waals surface area contributed by atoms with Gasteiger partial charge in [-0.2, -0.15) is 5.26 Å². The molecular weight excluding hydrogens is 300 g/mol. The van der Waals surface area contributed by atoms with Gasteiger partial charge in [0.15, 0.2) is 0 Å². The molecule has 3 rings (SSSR count). The molecule has 21 heavy (non-hydrogen) atoms. The number of halogens is 1. The molecule has 0 amide bonds. The van der Waals surface area contributed by atoms with Crippen LogP contribution in [-0.2, 0) is 12.8 Å². The van der Waals surface area contributed by atoms with Crippen LogP contribution in [0.2, 0.25) is 5.02 Å². The van der Waals surface area contributed by atoms with E-state index in [0.29, 0.717) is 10.6 Å². The maximum Gasteiger partial charge on any atom is 0.134 e. The molecular formula is C17H15ClN2S. The fourth-order valence-electron chi connectivity index (χ4n) is 2.52. The zero-order valence-corrected chi connectivity index (χ0v) is 13.3. The van der Waals surface area contributed by atoms with Crippen LogP contribution in [0, 0.1) is 17.2 Å². The molecule has 1 atom stereocenters. The van der Waals surface area contributed by atoms with Crippen LogP contribution in [0.5, 0.6) is 0 Å². The van der Waals surface area contributed by atoms with Gasteiger partial charge in [0.2, 0.25) is 0 Å². The average Bonchev–Trinajstić information content (AvgIpc) is 2.89. The highest BCUT2D eigenvalue weighted by Crippen LogP contribution is 2.33. The minimum atomic E-state index is 0.629. The van der Waals surface area contributed by atoms with Crippen molar-refractivity contribution in [1.29, 1.82) is 5.26 Å². The maximum absolute atomic E-state index is 9.43. The molecule has 1 heterocycles. The lowest BCUT2D eigenvalue weighted by atomic mass is 9.93. The van der Waals surface area contributed by atoms with Gasteiger partial charge in [0, 0.05) is 9.90 Å². The van der Waals surface area contributed by atoms with Crippen molar-refractivity contribution in [3.8, 4) is 6.07 Å². The second kappa shape index (κ2) is 6.01. The Hall–Kier alpha value is -1.63. The smallest absolute Gasteiger partial charge is 0.134 e. The first kappa shape index (κ1) is 14.3. The predicted octanol–water partition coefficient (Wildman–Crippen LogP) is 4.99. The van der Waals surface area contributed by atoms with Crippen molar-refractivity contribution in [2.45, 2.75) is 26.2 Å². The van der Waals surface area contributed by atoms with Crippen molar-refractivity contribution in [2.24, 2.45) is 5.92 Å². The summed E-state index contributed by atoms with van der Waals surface area (Å²) in [5, 5.41) is 11.0. The number of allylic oxidation sites excluding steroid dienone is 1. The van der Waals surface area contributed by atoms with Crippen LogP contribution in [0.4, 0.5) is 0 Å². The monoisotopic (exact) mass is 314 g/mol. The molecule has 0 saturated carbocycles. The van der Waals surface area contributed by atoms with Gasteiger partial charge in [-0.3, -0.25) is 0 Å². The van der Waals surface area contributed by atoms with Gasteiger partial charge in [0.25, 0.3) is 0 Å². The first-order valence-corrected chi connectivity index (χ1v) is 8.21. The summed E-state index contributed by atoms with van der Waals surface area (Å²) in [6.45, 7) is 2.27. The van der Waals surface area contributed by atoms with E-state index in [0.717, 1.165) is 29.3 Å². The van der Waals surface area contributed by atoms with E-state index < -0.39 is 0 Å². The van der Waals surface area contributed by atoms with Crippen molar-refractivity contribution in [3.05, 3.63) is 50.4 Å². The number of nitriles is 1. The van der Waals surface area contributed by atoms with Gasteiger partial charge in [-0.05, 0) is 49.0 Å². The van der Waals surface area contributed by atoms with Crippen molar-refractivity contribution in [3.63, 3.8) is 0 Å². The molecule has 0 unspecified atom stereocenters. The molecule has 4 heteroatoms. The fourth-order valence-corrected chi connectivity index (χ4v) is 3.89. The Labute approximate surface area is 133 Å².